The van der Waals surface area contributed by atoms with Crippen molar-refractivity contribution in [2.24, 2.45) is 5.92 Å². The van der Waals surface area contributed by atoms with Gasteiger partial charge in [-0.15, -0.1) is 0 Å². The van der Waals surface area contributed by atoms with Crippen molar-refractivity contribution in [3.8, 4) is 0 Å². The van der Waals surface area contributed by atoms with Crippen molar-refractivity contribution in [2.45, 2.75) is 38.1 Å². The van der Waals surface area contributed by atoms with E-state index >= 15 is 0 Å². The molecule has 0 spiro atoms. The third kappa shape index (κ3) is 3.47. The van der Waals surface area contributed by atoms with Crippen molar-refractivity contribution in [3.05, 3.63) is 28.2 Å². The zero-order valence-electron chi connectivity index (χ0n) is 10.4. The molecule has 0 radical (unpaired) electrons. The molecule has 1 fully saturated rings. The Kier molecular flexibility index (Phi) is 4.53. The Morgan fingerprint density at radius 2 is 2.06 bits per heavy atom. The molecule has 94 valence electrons. The molecule has 17 heavy (non-hydrogen) atoms. The molecule has 1 aliphatic rings. The summed E-state index contributed by atoms with van der Waals surface area (Å²) in [6.45, 7) is 5.73. The van der Waals surface area contributed by atoms with Crippen molar-refractivity contribution in [2.75, 3.05) is 11.4 Å². The molecule has 0 aliphatic heterocycles. The van der Waals surface area contributed by atoms with Crippen molar-refractivity contribution in [3.63, 3.8) is 0 Å². The van der Waals surface area contributed by atoms with Gasteiger partial charge in [-0.1, -0.05) is 35.8 Å². The average molecular weight is 361 g/mol. The zero-order valence-corrected chi connectivity index (χ0v) is 13.6. The fourth-order valence-electron chi connectivity index (χ4n) is 2.09. The van der Waals surface area contributed by atoms with Gasteiger partial charge in [-0.3, -0.25) is 0 Å². The van der Waals surface area contributed by atoms with Crippen LogP contribution >= 0.6 is 31.9 Å². The van der Waals surface area contributed by atoms with Gasteiger partial charge in [0.15, 0.2) is 0 Å². The Morgan fingerprint density at radius 1 is 1.35 bits per heavy atom. The van der Waals surface area contributed by atoms with E-state index < -0.39 is 0 Å². The molecule has 1 aromatic rings. The number of benzene rings is 1. The van der Waals surface area contributed by atoms with Crippen LogP contribution in [0.25, 0.3) is 0 Å². The fraction of sp³-hybridized carbons (Fsp3) is 0.571. The lowest BCUT2D eigenvalue weighted by atomic mass is 10.1. The topological polar surface area (TPSA) is 3.24 Å². The number of nitrogens with zero attached hydrogens (tertiary/aromatic N) is 1. The van der Waals surface area contributed by atoms with Gasteiger partial charge in [0.1, 0.15) is 0 Å². The number of anilines is 1. The number of hydrogen-bond acceptors (Lipinski definition) is 1. The average Bonchev–Trinajstić information content (AvgIpc) is 3.09. The molecule has 0 bridgehead atoms. The highest BCUT2D eigenvalue weighted by Crippen LogP contribution is 2.37. The van der Waals surface area contributed by atoms with E-state index in [4.69, 9.17) is 0 Å². The summed E-state index contributed by atoms with van der Waals surface area (Å²) in [4.78, 5) is 2.56. The number of rotatable bonds is 5. The zero-order chi connectivity index (χ0) is 12.4. The van der Waals surface area contributed by atoms with E-state index in [1.807, 2.05) is 0 Å². The minimum atomic E-state index is 0.707. The molecule has 1 saturated carbocycles. The maximum absolute atomic E-state index is 3.71. The molecule has 3 heteroatoms. The van der Waals surface area contributed by atoms with Crippen LogP contribution in [0.2, 0.25) is 0 Å². The van der Waals surface area contributed by atoms with E-state index in [0.717, 1.165) is 17.9 Å². The van der Waals surface area contributed by atoms with Crippen LogP contribution in [0, 0.1) is 5.92 Å². The van der Waals surface area contributed by atoms with Crippen LogP contribution in [-0.4, -0.2) is 12.6 Å². The van der Waals surface area contributed by atoms with Crippen LogP contribution in [0.1, 0.15) is 32.3 Å². The quantitative estimate of drug-likeness (QED) is 0.670. The van der Waals surface area contributed by atoms with Crippen LogP contribution in [0.4, 0.5) is 5.69 Å². The van der Waals surface area contributed by atoms with E-state index in [1.54, 1.807) is 0 Å². The Labute approximate surface area is 121 Å². The van der Waals surface area contributed by atoms with E-state index in [-0.39, 0.29) is 0 Å². The molecule has 0 N–H and O–H groups in total. The first-order chi connectivity index (χ1) is 8.11. The molecular formula is C14H19Br2N. The van der Waals surface area contributed by atoms with Gasteiger partial charge < -0.3 is 4.90 Å². The smallest absolute Gasteiger partial charge is 0.0513 e. The molecule has 0 aromatic heterocycles. The largest absolute Gasteiger partial charge is 0.367 e. The second-order valence-corrected chi connectivity index (χ2v) is 6.61. The molecular weight excluding hydrogens is 342 g/mol. The Morgan fingerprint density at radius 3 is 2.53 bits per heavy atom. The fourth-order valence-corrected chi connectivity index (χ4v) is 3.09. The molecule has 0 atom stereocenters. The normalized spacial score (nSPS) is 15.4. The lowest BCUT2D eigenvalue weighted by Gasteiger charge is -2.28. The van der Waals surface area contributed by atoms with Crippen LogP contribution in [0.15, 0.2) is 22.7 Å². The van der Waals surface area contributed by atoms with Crippen LogP contribution in [0.5, 0.6) is 0 Å². The molecule has 1 nitrogen and oxygen atoms in total. The first-order valence-electron chi connectivity index (χ1n) is 6.23. The van der Waals surface area contributed by atoms with E-state index in [2.05, 4.69) is 68.8 Å². The van der Waals surface area contributed by atoms with Crippen LogP contribution < -0.4 is 4.90 Å². The summed E-state index contributed by atoms with van der Waals surface area (Å²) in [6, 6.07) is 7.45. The third-order valence-electron chi connectivity index (χ3n) is 3.03. The maximum Gasteiger partial charge on any atom is 0.0513 e. The SMILES string of the molecule is CC(C)CN(c1ccc(CBr)cc1Br)C1CC1. The van der Waals surface area contributed by atoms with Gasteiger partial charge in [0.05, 0.1) is 5.69 Å². The van der Waals surface area contributed by atoms with Crippen molar-refractivity contribution in [1.29, 1.82) is 0 Å². The summed E-state index contributed by atoms with van der Waals surface area (Å²) in [7, 11) is 0. The standard InChI is InChI=1S/C14H19Br2N/c1-10(2)9-17(12-4-5-12)14-6-3-11(8-15)7-13(14)16/h3,6-7,10,12H,4-5,8-9H2,1-2H3. The molecule has 1 aromatic carbocycles. The summed E-state index contributed by atoms with van der Waals surface area (Å²) in [5, 5.41) is 0.916. The molecule has 2 rings (SSSR count). The van der Waals surface area contributed by atoms with E-state index in [0.29, 0.717) is 5.92 Å². The van der Waals surface area contributed by atoms with Gasteiger partial charge in [0.2, 0.25) is 0 Å². The van der Waals surface area contributed by atoms with Gasteiger partial charge in [-0.05, 0) is 52.4 Å². The molecule has 1 aliphatic carbocycles. The molecule has 0 saturated heterocycles. The summed E-state index contributed by atoms with van der Waals surface area (Å²) < 4.78 is 1.22. The monoisotopic (exact) mass is 359 g/mol. The molecule has 0 amide bonds. The second kappa shape index (κ2) is 5.75. The first-order valence-corrected chi connectivity index (χ1v) is 8.14. The van der Waals surface area contributed by atoms with Gasteiger partial charge >= 0.3 is 0 Å². The third-order valence-corrected chi connectivity index (χ3v) is 4.31. The minimum absolute atomic E-state index is 0.707. The predicted octanol–water partition coefficient (Wildman–Crippen LogP) is 4.97. The molecule has 0 unspecified atom stereocenters. The van der Waals surface area contributed by atoms with E-state index in [1.165, 1.54) is 28.6 Å². The molecule has 0 heterocycles. The lowest BCUT2D eigenvalue weighted by molar-refractivity contribution is 0.606. The van der Waals surface area contributed by atoms with Crippen molar-refractivity contribution >= 4 is 37.5 Å². The second-order valence-electron chi connectivity index (χ2n) is 5.20. The highest BCUT2D eigenvalue weighted by molar-refractivity contribution is 9.10. The minimum Gasteiger partial charge on any atom is -0.367 e. The summed E-state index contributed by atoms with van der Waals surface area (Å²) in [5.74, 6) is 0.707. The first kappa shape index (κ1) is 13.4. The summed E-state index contributed by atoms with van der Waals surface area (Å²) in [5.41, 5.74) is 2.67. The van der Waals surface area contributed by atoms with Gasteiger partial charge in [0, 0.05) is 22.4 Å². The maximum atomic E-state index is 3.71. The van der Waals surface area contributed by atoms with Crippen molar-refractivity contribution < 1.29 is 0 Å². The highest BCUT2D eigenvalue weighted by Gasteiger charge is 2.30. The number of alkyl halides is 1. The predicted molar refractivity (Wildman–Crippen MR) is 82.0 cm³/mol. The van der Waals surface area contributed by atoms with E-state index in [9.17, 15) is 0 Å². The highest BCUT2D eigenvalue weighted by atomic mass is 79.9. The van der Waals surface area contributed by atoms with Gasteiger partial charge in [-0.25, -0.2) is 0 Å². The lowest BCUT2D eigenvalue weighted by Crippen LogP contribution is -2.30. The summed E-state index contributed by atoms with van der Waals surface area (Å²) in [6.07, 6.45) is 2.69. The van der Waals surface area contributed by atoms with Gasteiger partial charge in [0.25, 0.3) is 0 Å². The van der Waals surface area contributed by atoms with Crippen LogP contribution in [-0.2, 0) is 5.33 Å². The summed E-state index contributed by atoms with van der Waals surface area (Å²) >= 11 is 7.21. The van der Waals surface area contributed by atoms with Gasteiger partial charge in [-0.2, -0.15) is 0 Å². The van der Waals surface area contributed by atoms with Crippen LogP contribution in [0.3, 0.4) is 0 Å². The number of hydrogen-bond donors (Lipinski definition) is 0. The number of halogens is 2. The Hall–Kier alpha value is -0.0200. The Bertz CT molecular complexity index is 386. The Balaban J connectivity index is 2.23. The van der Waals surface area contributed by atoms with Crippen molar-refractivity contribution in [1.82, 2.24) is 0 Å².